The maximum absolute atomic E-state index is 6.26. The molecule has 2 aliphatic heterocycles. The first kappa shape index (κ1) is 15.7. The lowest BCUT2D eigenvalue weighted by Gasteiger charge is -2.32. The zero-order chi connectivity index (χ0) is 16.2. The van der Waals surface area contributed by atoms with Crippen LogP contribution >= 0.6 is 0 Å². The van der Waals surface area contributed by atoms with Crippen LogP contribution in [0.1, 0.15) is 77.6 Å². The molecule has 1 saturated carbocycles. The van der Waals surface area contributed by atoms with Crippen LogP contribution in [0.3, 0.4) is 0 Å². The summed E-state index contributed by atoms with van der Waals surface area (Å²) in [4.78, 5) is 0. The number of hydrogen-bond donors (Lipinski definition) is 0. The molecule has 2 saturated heterocycles. The molecule has 126 valence electrons. The highest BCUT2D eigenvalue weighted by atomic mass is 16.7. The van der Waals surface area contributed by atoms with Gasteiger partial charge in [0.2, 0.25) is 0 Å². The van der Waals surface area contributed by atoms with Gasteiger partial charge in [0, 0.05) is 12.5 Å². The van der Waals surface area contributed by atoms with E-state index in [0.29, 0.717) is 5.92 Å². The Morgan fingerprint density at radius 2 is 1.78 bits per heavy atom. The standard InChI is InChI=1S/C17H27BN2O3/c1-16(2)17(3,4)23-18(22-16)14-11-13(12-8-9-12)19-20(14)15-7-5-6-10-21-15/h11-12,15H,5-10H2,1-4H3. The van der Waals surface area contributed by atoms with E-state index >= 15 is 0 Å². The van der Waals surface area contributed by atoms with E-state index in [1.54, 1.807) is 0 Å². The summed E-state index contributed by atoms with van der Waals surface area (Å²) < 4.78 is 20.5. The van der Waals surface area contributed by atoms with Crippen molar-refractivity contribution >= 4 is 12.7 Å². The topological polar surface area (TPSA) is 45.5 Å². The van der Waals surface area contributed by atoms with Crippen LogP contribution < -0.4 is 5.59 Å². The third-order valence-electron chi connectivity index (χ3n) is 5.70. The molecule has 0 radical (unpaired) electrons. The van der Waals surface area contributed by atoms with Crippen molar-refractivity contribution < 1.29 is 14.0 Å². The summed E-state index contributed by atoms with van der Waals surface area (Å²) in [5, 5.41) is 4.87. The SMILES string of the molecule is CC1(C)OB(c2cc(C3CC3)nn2C2CCCCO2)OC1(C)C. The fourth-order valence-corrected chi connectivity index (χ4v) is 3.29. The summed E-state index contributed by atoms with van der Waals surface area (Å²) in [6.07, 6.45) is 5.84. The Hall–Kier alpha value is -0.845. The van der Waals surface area contributed by atoms with E-state index in [1.807, 2.05) is 4.68 Å². The van der Waals surface area contributed by atoms with Crippen LogP contribution in [-0.2, 0) is 14.0 Å². The van der Waals surface area contributed by atoms with Gasteiger partial charge in [0.15, 0.2) is 0 Å². The van der Waals surface area contributed by atoms with E-state index in [-0.39, 0.29) is 24.5 Å². The third-order valence-corrected chi connectivity index (χ3v) is 5.70. The van der Waals surface area contributed by atoms with Crippen molar-refractivity contribution in [1.29, 1.82) is 0 Å². The van der Waals surface area contributed by atoms with E-state index in [9.17, 15) is 0 Å². The number of rotatable bonds is 3. The minimum Gasteiger partial charge on any atom is -0.398 e. The predicted octanol–water partition coefficient (Wildman–Crippen LogP) is 2.76. The Morgan fingerprint density at radius 3 is 2.35 bits per heavy atom. The van der Waals surface area contributed by atoms with Gasteiger partial charge < -0.3 is 14.0 Å². The second-order valence-electron chi connectivity index (χ2n) is 8.12. The molecule has 3 heterocycles. The molecule has 1 unspecified atom stereocenters. The maximum Gasteiger partial charge on any atom is 0.514 e. The van der Waals surface area contributed by atoms with E-state index in [1.165, 1.54) is 25.0 Å². The van der Waals surface area contributed by atoms with E-state index in [4.69, 9.17) is 19.1 Å². The monoisotopic (exact) mass is 318 g/mol. The molecule has 0 amide bonds. The van der Waals surface area contributed by atoms with Crippen LogP contribution in [0, 0.1) is 0 Å². The van der Waals surface area contributed by atoms with Gasteiger partial charge in [-0.2, -0.15) is 5.10 Å². The lowest BCUT2D eigenvalue weighted by molar-refractivity contribution is -0.0381. The zero-order valence-corrected chi connectivity index (χ0v) is 14.7. The first-order valence-electron chi connectivity index (χ1n) is 8.94. The number of nitrogens with zero attached hydrogens (tertiary/aromatic N) is 2. The molecular weight excluding hydrogens is 291 g/mol. The smallest absolute Gasteiger partial charge is 0.398 e. The van der Waals surface area contributed by atoms with Gasteiger partial charge in [-0.15, -0.1) is 0 Å². The summed E-state index contributed by atoms with van der Waals surface area (Å²) in [5.74, 6) is 0.612. The first-order chi connectivity index (χ1) is 10.9. The normalized spacial score (nSPS) is 29.9. The van der Waals surface area contributed by atoms with Crippen LogP contribution in [-0.4, -0.2) is 34.7 Å². The minimum absolute atomic E-state index is 0.0188. The van der Waals surface area contributed by atoms with Crippen LogP contribution in [0.15, 0.2) is 6.07 Å². The number of ether oxygens (including phenoxy) is 1. The molecule has 0 bridgehead atoms. The second kappa shape index (κ2) is 5.33. The summed E-state index contributed by atoms with van der Waals surface area (Å²) in [5.41, 5.74) is 1.51. The van der Waals surface area contributed by atoms with Gasteiger partial charge in [-0.1, -0.05) is 0 Å². The average Bonchev–Trinajstić information content (AvgIpc) is 3.20. The molecule has 1 aliphatic carbocycles. The Labute approximate surface area is 138 Å². The van der Waals surface area contributed by atoms with E-state index in [0.717, 1.165) is 25.0 Å². The summed E-state index contributed by atoms with van der Waals surface area (Å²) in [7, 11) is -0.370. The molecule has 3 fully saturated rings. The predicted molar refractivity (Wildman–Crippen MR) is 88.8 cm³/mol. The van der Waals surface area contributed by atoms with Crippen molar-refractivity contribution in [2.24, 2.45) is 0 Å². The van der Waals surface area contributed by atoms with Gasteiger partial charge in [0.05, 0.1) is 22.5 Å². The van der Waals surface area contributed by atoms with Crippen LogP contribution in [0.5, 0.6) is 0 Å². The molecule has 1 atom stereocenters. The minimum atomic E-state index is -0.370. The van der Waals surface area contributed by atoms with Gasteiger partial charge in [0.1, 0.15) is 6.23 Å². The van der Waals surface area contributed by atoms with Gasteiger partial charge in [-0.3, -0.25) is 0 Å². The summed E-state index contributed by atoms with van der Waals surface area (Å²) in [6.45, 7) is 9.17. The second-order valence-corrected chi connectivity index (χ2v) is 8.12. The molecule has 1 aromatic heterocycles. The molecule has 3 aliphatic rings. The van der Waals surface area contributed by atoms with Gasteiger partial charge in [-0.05, 0) is 65.9 Å². The lowest BCUT2D eigenvalue weighted by Crippen LogP contribution is -2.42. The quantitative estimate of drug-likeness (QED) is 0.804. The van der Waals surface area contributed by atoms with E-state index in [2.05, 4.69) is 33.8 Å². The Kier molecular flexibility index (Phi) is 3.63. The van der Waals surface area contributed by atoms with Crippen molar-refractivity contribution in [2.45, 2.75) is 83.1 Å². The van der Waals surface area contributed by atoms with Crippen LogP contribution in [0.2, 0.25) is 0 Å². The maximum atomic E-state index is 6.26. The largest absolute Gasteiger partial charge is 0.514 e. The van der Waals surface area contributed by atoms with Gasteiger partial charge >= 0.3 is 7.12 Å². The first-order valence-corrected chi connectivity index (χ1v) is 8.94. The van der Waals surface area contributed by atoms with Crippen LogP contribution in [0.25, 0.3) is 0 Å². The van der Waals surface area contributed by atoms with Crippen LogP contribution in [0.4, 0.5) is 0 Å². The van der Waals surface area contributed by atoms with Crippen molar-refractivity contribution in [1.82, 2.24) is 9.78 Å². The number of aromatic nitrogens is 2. The van der Waals surface area contributed by atoms with Crippen molar-refractivity contribution in [3.8, 4) is 0 Å². The Balaban J connectivity index is 1.67. The number of hydrogen-bond acceptors (Lipinski definition) is 4. The Morgan fingerprint density at radius 1 is 1.09 bits per heavy atom. The van der Waals surface area contributed by atoms with Crippen molar-refractivity contribution in [3.63, 3.8) is 0 Å². The third kappa shape index (κ3) is 2.75. The fraction of sp³-hybridized carbons (Fsp3) is 0.824. The Bertz CT molecular complexity index is 573. The molecular formula is C17H27BN2O3. The van der Waals surface area contributed by atoms with Crippen molar-refractivity contribution in [2.75, 3.05) is 6.61 Å². The molecule has 6 heteroatoms. The molecule has 1 aromatic rings. The highest BCUT2D eigenvalue weighted by Crippen LogP contribution is 2.40. The molecule has 0 aromatic carbocycles. The molecule has 23 heavy (non-hydrogen) atoms. The average molecular weight is 318 g/mol. The highest BCUT2D eigenvalue weighted by Gasteiger charge is 2.53. The van der Waals surface area contributed by atoms with Crippen molar-refractivity contribution in [3.05, 3.63) is 11.8 Å². The van der Waals surface area contributed by atoms with Gasteiger partial charge in [-0.25, -0.2) is 4.68 Å². The molecule has 5 nitrogen and oxygen atoms in total. The summed E-state index contributed by atoms with van der Waals surface area (Å²) >= 11 is 0. The lowest BCUT2D eigenvalue weighted by atomic mass is 9.84. The molecule has 0 N–H and O–H groups in total. The zero-order valence-electron chi connectivity index (χ0n) is 14.7. The highest BCUT2D eigenvalue weighted by molar-refractivity contribution is 6.61. The van der Waals surface area contributed by atoms with Gasteiger partial charge in [0.25, 0.3) is 0 Å². The molecule has 0 spiro atoms. The summed E-state index contributed by atoms with van der Waals surface area (Å²) in [6, 6.07) is 2.18. The van der Waals surface area contributed by atoms with E-state index < -0.39 is 0 Å². The molecule has 4 rings (SSSR count). The fourth-order valence-electron chi connectivity index (χ4n) is 3.29.